The van der Waals surface area contributed by atoms with Gasteiger partial charge in [-0.15, -0.1) is 0 Å². The Balaban J connectivity index is -0.000000550. The average Bonchev–Trinajstić information content (AvgIpc) is 3.01. The van der Waals surface area contributed by atoms with E-state index in [1.54, 1.807) is 12.2 Å². The molecule has 0 atom stereocenters. The molecular weight excluding hydrogens is 560 g/mol. The van der Waals surface area contributed by atoms with Gasteiger partial charge in [0.2, 0.25) is 5.91 Å². The topological polar surface area (TPSA) is 124 Å². The lowest BCUT2D eigenvalue weighted by molar-refractivity contribution is -0.137. The van der Waals surface area contributed by atoms with Crippen LogP contribution >= 0.6 is 0 Å². The molecule has 1 aliphatic heterocycles. The molecule has 262 valence electrons. The van der Waals surface area contributed by atoms with E-state index in [2.05, 4.69) is 54.9 Å². The zero-order valence-electron chi connectivity index (χ0n) is 29.0. The quantitative estimate of drug-likeness (QED) is 0.112. The smallest absolute Gasteiger partial charge is 0.303 e. The normalized spacial score (nSPS) is 17.2. The van der Waals surface area contributed by atoms with E-state index in [1.165, 1.54) is 116 Å². The van der Waals surface area contributed by atoms with Crippen molar-refractivity contribution in [3.8, 4) is 0 Å². The maximum Gasteiger partial charge on any atom is 0.303 e. The summed E-state index contributed by atoms with van der Waals surface area (Å²) in [7, 11) is 0. The summed E-state index contributed by atoms with van der Waals surface area (Å²) in [5.74, 6) is -0.419. The number of unbranched alkanes of at least 4 members (excludes halogenated alkanes) is 8. The van der Waals surface area contributed by atoms with E-state index >= 15 is 0 Å². The highest BCUT2D eigenvalue weighted by molar-refractivity contribution is 5.75. The molecule has 45 heavy (non-hydrogen) atoms. The maximum absolute atomic E-state index is 11.2. The van der Waals surface area contributed by atoms with Crippen molar-refractivity contribution in [2.75, 3.05) is 13.1 Å². The molecule has 1 aliphatic carbocycles. The van der Waals surface area contributed by atoms with Crippen molar-refractivity contribution in [1.82, 2.24) is 5.32 Å². The van der Waals surface area contributed by atoms with E-state index in [9.17, 15) is 9.59 Å². The fraction of sp³-hybridized carbons (Fsp3) is 0.692. The molecule has 2 rings (SSSR count). The number of hydrogen-bond donors (Lipinski definition) is 3. The fourth-order valence-corrected chi connectivity index (χ4v) is 4.73. The molecule has 0 saturated carbocycles. The first-order valence-corrected chi connectivity index (χ1v) is 18.0. The van der Waals surface area contributed by atoms with Gasteiger partial charge < -0.3 is 21.6 Å². The third-order valence-electron chi connectivity index (χ3n) is 7.41. The molecule has 0 unspecified atom stereocenters. The lowest BCUT2D eigenvalue weighted by Gasteiger charge is -2.07. The van der Waals surface area contributed by atoms with Gasteiger partial charge in [0.15, 0.2) is 0 Å². The summed E-state index contributed by atoms with van der Waals surface area (Å²) in [5.41, 5.74) is 5.40. The molecule has 0 spiro atoms. The molecule has 2 aliphatic rings. The van der Waals surface area contributed by atoms with Crippen LogP contribution in [-0.4, -0.2) is 35.5 Å². The van der Waals surface area contributed by atoms with Crippen molar-refractivity contribution in [3.63, 3.8) is 0 Å². The second kappa shape index (κ2) is 43.7. The Kier molecular flexibility index (Phi) is 45.6. The highest BCUT2D eigenvalue weighted by Gasteiger charge is 2.01. The SMILES string of the molecule is C1=CCC/C=C\CC/C=C\CC1.C=CC=C.NCCCCCCCCCCCC(=O)O.O.O=C1CCCCCCCCCCN1. The third-order valence-corrected chi connectivity index (χ3v) is 7.41. The Morgan fingerprint density at radius 2 is 1.00 bits per heavy atom. The van der Waals surface area contributed by atoms with Crippen molar-refractivity contribution in [2.45, 2.75) is 161 Å². The van der Waals surface area contributed by atoms with Crippen molar-refractivity contribution in [1.29, 1.82) is 0 Å². The van der Waals surface area contributed by atoms with E-state index in [0.717, 1.165) is 51.6 Å². The number of nitrogens with two attached hydrogens (primary N) is 1. The van der Waals surface area contributed by atoms with E-state index in [1.807, 2.05) is 0 Å². The molecule has 1 amide bonds. The largest absolute Gasteiger partial charge is 0.481 e. The number of carboxylic acid groups (broad SMARTS) is 1. The van der Waals surface area contributed by atoms with Gasteiger partial charge in [0.1, 0.15) is 0 Å². The third kappa shape index (κ3) is 48.7. The molecule has 6 heteroatoms. The van der Waals surface area contributed by atoms with Crippen molar-refractivity contribution < 1.29 is 20.2 Å². The highest BCUT2D eigenvalue weighted by atomic mass is 16.4. The van der Waals surface area contributed by atoms with Crippen LogP contribution in [0.4, 0.5) is 0 Å². The number of hydrogen-bond acceptors (Lipinski definition) is 3. The Morgan fingerprint density at radius 1 is 0.644 bits per heavy atom. The van der Waals surface area contributed by atoms with Crippen molar-refractivity contribution in [2.24, 2.45) is 5.73 Å². The molecular formula is C39H72N2O4. The van der Waals surface area contributed by atoms with Gasteiger partial charge in [-0.05, 0) is 70.8 Å². The summed E-state index contributed by atoms with van der Waals surface area (Å²) in [5, 5.41) is 11.4. The molecule has 0 aromatic heterocycles. The van der Waals surface area contributed by atoms with Crippen LogP contribution in [0.2, 0.25) is 0 Å². The monoisotopic (exact) mass is 633 g/mol. The average molecular weight is 633 g/mol. The zero-order chi connectivity index (χ0) is 32.6. The predicted molar refractivity (Wildman–Crippen MR) is 197 cm³/mol. The summed E-state index contributed by atoms with van der Waals surface area (Å²) in [6, 6.07) is 0. The molecule has 0 aromatic rings. The van der Waals surface area contributed by atoms with E-state index in [0.29, 0.717) is 6.42 Å². The number of carbonyl (C=O) groups is 2. The van der Waals surface area contributed by atoms with Gasteiger partial charge in [-0.1, -0.05) is 145 Å². The Bertz CT molecular complexity index is 659. The van der Waals surface area contributed by atoms with Crippen molar-refractivity contribution in [3.05, 3.63) is 61.8 Å². The fourth-order valence-electron chi connectivity index (χ4n) is 4.73. The number of rotatable bonds is 12. The number of aliphatic carboxylic acids is 1. The van der Waals surface area contributed by atoms with Gasteiger partial charge in [-0.25, -0.2) is 0 Å². The summed E-state index contributed by atoms with van der Waals surface area (Å²) in [6.45, 7) is 8.42. The first kappa shape index (κ1) is 47.0. The minimum atomic E-state index is -0.670. The molecule has 0 bridgehead atoms. The Hall–Kier alpha value is -2.44. The Labute approximate surface area is 278 Å². The van der Waals surface area contributed by atoms with Gasteiger partial charge in [0, 0.05) is 19.4 Å². The molecule has 1 heterocycles. The van der Waals surface area contributed by atoms with Gasteiger partial charge in [-0.2, -0.15) is 0 Å². The molecule has 0 radical (unpaired) electrons. The lowest BCUT2D eigenvalue weighted by Crippen LogP contribution is -2.24. The second-order valence-electron chi connectivity index (χ2n) is 11.7. The number of allylic oxidation sites excluding steroid dienone is 8. The molecule has 6 N–H and O–H groups in total. The van der Waals surface area contributed by atoms with Crippen LogP contribution in [0.1, 0.15) is 161 Å². The van der Waals surface area contributed by atoms with E-state index < -0.39 is 5.97 Å². The van der Waals surface area contributed by atoms with Crippen LogP contribution in [0, 0.1) is 0 Å². The summed E-state index contributed by atoms with van der Waals surface area (Å²) in [6.07, 6.45) is 46.1. The number of carboxylic acids is 1. The number of nitrogens with one attached hydrogen (secondary N) is 1. The molecule has 1 fully saturated rings. The van der Waals surface area contributed by atoms with Gasteiger partial charge in [0.05, 0.1) is 0 Å². The van der Waals surface area contributed by atoms with Crippen LogP contribution < -0.4 is 11.1 Å². The van der Waals surface area contributed by atoms with Crippen LogP contribution in [0.5, 0.6) is 0 Å². The van der Waals surface area contributed by atoms with Gasteiger partial charge in [0.25, 0.3) is 0 Å². The highest BCUT2D eigenvalue weighted by Crippen LogP contribution is 2.11. The molecule has 6 nitrogen and oxygen atoms in total. The zero-order valence-corrected chi connectivity index (χ0v) is 29.0. The van der Waals surface area contributed by atoms with Gasteiger partial charge in [-0.3, -0.25) is 9.59 Å². The predicted octanol–water partition coefficient (Wildman–Crippen LogP) is 10.1. The Morgan fingerprint density at radius 3 is 1.38 bits per heavy atom. The second-order valence-corrected chi connectivity index (χ2v) is 11.7. The summed E-state index contributed by atoms with van der Waals surface area (Å²) < 4.78 is 0. The maximum atomic E-state index is 11.2. The number of carbonyl (C=O) groups excluding carboxylic acids is 1. The van der Waals surface area contributed by atoms with Crippen molar-refractivity contribution >= 4 is 11.9 Å². The summed E-state index contributed by atoms with van der Waals surface area (Å²) in [4.78, 5) is 21.4. The first-order chi connectivity index (χ1) is 21.6. The number of amides is 1. The molecule has 0 aromatic carbocycles. The van der Waals surface area contributed by atoms with Crippen LogP contribution in [0.15, 0.2) is 61.8 Å². The minimum absolute atomic E-state index is 0. The lowest BCUT2D eigenvalue weighted by atomic mass is 10.1. The first-order valence-electron chi connectivity index (χ1n) is 18.0. The van der Waals surface area contributed by atoms with Crippen LogP contribution in [0.3, 0.4) is 0 Å². The standard InChI is InChI=1S/C12H25NO2.C12H18.C11H21NO.C4H6.H2O/c13-11-9-7-5-3-1-2-4-6-8-10-12(14)15;1-2-4-6-8-10-12-11-9-7-5-3-1;13-11-9-7-5-3-1-2-4-6-8-10-12-11;1-3-4-2;/h1-11,13H2,(H,14,15);1-2,7-10H,3-6,11-12H2;1-10H2,(H,12,13);3-4H,1-2H2;1H2/b;2-1-,9-7-,10-8?;;;. The van der Waals surface area contributed by atoms with E-state index in [4.69, 9.17) is 10.8 Å². The minimum Gasteiger partial charge on any atom is -0.481 e. The van der Waals surface area contributed by atoms with Crippen LogP contribution in [0.25, 0.3) is 0 Å². The van der Waals surface area contributed by atoms with Gasteiger partial charge >= 0.3 is 5.97 Å². The molecule has 1 saturated heterocycles. The van der Waals surface area contributed by atoms with Crippen LogP contribution in [-0.2, 0) is 9.59 Å². The summed E-state index contributed by atoms with van der Waals surface area (Å²) >= 11 is 0. The van der Waals surface area contributed by atoms with E-state index in [-0.39, 0.29) is 11.4 Å².